The number of carbonyl (C=O) groups is 2. The van der Waals surface area contributed by atoms with Gasteiger partial charge in [0.05, 0.1) is 12.3 Å². The second-order valence-corrected chi connectivity index (χ2v) is 2.88. The summed E-state index contributed by atoms with van der Waals surface area (Å²) in [6.07, 6.45) is 0. The lowest BCUT2D eigenvalue weighted by molar-refractivity contribution is -0.360. The Morgan fingerprint density at radius 3 is 2.58 bits per heavy atom. The van der Waals surface area contributed by atoms with Crippen LogP contribution >= 0.6 is 11.8 Å². The minimum atomic E-state index is -0.468. The Hall–Kier alpha value is -0.750. The summed E-state index contributed by atoms with van der Waals surface area (Å²) in [5, 5.41) is -0.445. The number of ether oxygens (including phenoxy) is 2. The molecule has 0 fully saturated rings. The molecule has 0 saturated carbocycles. The summed E-state index contributed by atoms with van der Waals surface area (Å²) in [6, 6.07) is 0. The van der Waals surface area contributed by atoms with Gasteiger partial charge in [0.25, 0.3) is 0 Å². The number of esters is 1. The normalized spacial score (nSPS) is 9.17. The van der Waals surface area contributed by atoms with Gasteiger partial charge in [0.1, 0.15) is 0 Å². The molecule has 0 aliphatic carbocycles. The third-order valence-corrected chi connectivity index (χ3v) is 1.65. The van der Waals surface area contributed by atoms with Crippen LogP contribution in [0.25, 0.3) is 0 Å². The van der Waals surface area contributed by atoms with E-state index in [1.54, 1.807) is 0 Å². The van der Waals surface area contributed by atoms with E-state index in [0.29, 0.717) is 12.3 Å². The SMILES string of the molecule is CC(=O)OCOC(=O)SCC[NH3+]. The Morgan fingerprint density at radius 1 is 1.42 bits per heavy atom. The monoisotopic (exact) mass is 194 g/mol. The van der Waals surface area contributed by atoms with Crippen LogP contribution in [-0.2, 0) is 14.3 Å². The van der Waals surface area contributed by atoms with Gasteiger partial charge in [-0.3, -0.25) is 4.79 Å². The van der Waals surface area contributed by atoms with Crippen molar-refractivity contribution in [1.29, 1.82) is 0 Å². The molecule has 0 spiro atoms. The van der Waals surface area contributed by atoms with E-state index in [0.717, 1.165) is 11.8 Å². The largest absolute Gasteiger partial charge is 0.428 e. The van der Waals surface area contributed by atoms with Crippen LogP contribution < -0.4 is 5.73 Å². The van der Waals surface area contributed by atoms with Crippen LogP contribution in [0.5, 0.6) is 0 Å². The average Bonchev–Trinajstić information content (AvgIpc) is 2.00. The standard InChI is InChI=1S/C6H11NO4S/c1-5(8)10-4-11-6(9)12-3-2-7/h2-4,7H2,1H3/p+1. The topological polar surface area (TPSA) is 80.2 Å². The zero-order valence-electron chi connectivity index (χ0n) is 6.87. The zero-order chi connectivity index (χ0) is 9.40. The smallest absolute Gasteiger partial charge is 0.370 e. The van der Waals surface area contributed by atoms with Gasteiger partial charge < -0.3 is 15.2 Å². The van der Waals surface area contributed by atoms with Gasteiger partial charge in [-0.15, -0.1) is 0 Å². The van der Waals surface area contributed by atoms with Crippen LogP contribution in [0, 0.1) is 0 Å². The first kappa shape index (κ1) is 11.2. The highest BCUT2D eigenvalue weighted by Gasteiger charge is 2.03. The lowest BCUT2D eigenvalue weighted by Gasteiger charge is -2.02. The maximum absolute atomic E-state index is 10.7. The molecule has 0 unspecified atom stereocenters. The van der Waals surface area contributed by atoms with Crippen molar-refractivity contribution in [3.8, 4) is 0 Å². The minimum Gasteiger partial charge on any atom is -0.428 e. The van der Waals surface area contributed by atoms with Crippen LogP contribution in [0.1, 0.15) is 6.92 Å². The first-order valence-corrected chi connectivity index (χ1v) is 4.37. The van der Waals surface area contributed by atoms with E-state index < -0.39 is 11.3 Å². The van der Waals surface area contributed by atoms with Crippen LogP contribution in [-0.4, -0.2) is 30.4 Å². The third kappa shape index (κ3) is 7.36. The number of hydrogen-bond acceptors (Lipinski definition) is 5. The van der Waals surface area contributed by atoms with Gasteiger partial charge >= 0.3 is 11.3 Å². The zero-order valence-corrected chi connectivity index (χ0v) is 7.69. The molecule has 0 radical (unpaired) electrons. The van der Waals surface area contributed by atoms with E-state index in [2.05, 4.69) is 15.2 Å². The Bertz CT molecular complexity index is 162. The van der Waals surface area contributed by atoms with E-state index in [1.807, 2.05) is 0 Å². The van der Waals surface area contributed by atoms with Gasteiger partial charge in [-0.1, -0.05) is 0 Å². The lowest BCUT2D eigenvalue weighted by Crippen LogP contribution is -2.51. The molecule has 0 atom stereocenters. The fourth-order valence-electron chi connectivity index (χ4n) is 0.358. The predicted molar refractivity (Wildman–Crippen MR) is 43.3 cm³/mol. The molecule has 0 aromatic rings. The molecule has 0 amide bonds. The van der Waals surface area contributed by atoms with Crippen molar-refractivity contribution in [3.05, 3.63) is 0 Å². The molecule has 0 bridgehead atoms. The molecule has 6 heteroatoms. The van der Waals surface area contributed by atoms with E-state index in [4.69, 9.17) is 0 Å². The summed E-state index contributed by atoms with van der Waals surface area (Å²) >= 11 is 1.01. The molecule has 0 aliphatic rings. The predicted octanol–water partition coefficient (Wildman–Crippen LogP) is -0.381. The Kier molecular flexibility index (Phi) is 6.50. The first-order valence-electron chi connectivity index (χ1n) is 3.39. The maximum atomic E-state index is 10.7. The van der Waals surface area contributed by atoms with Gasteiger partial charge in [-0.2, -0.15) is 0 Å². The Labute approximate surface area is 74.6 Å². The molecule has 0 rings (SSSR count). The van der Waals surface area contributed by atoms with Gasteiger partial charge in [0, 0.05) is 6.92 Å². The lowest BCUT2D eigenvalue weighted by atomic mass is 10.8. The molecule has 5 nitrogen and oxygen atoms in total. The van der Waals surface area contributed by atoms with E-state index in [1.165, 1.54) is 6.92 Å². The summed E-state index contributed by atoms with van der Waals surface area (Å²) in [5.74, 6) is 0.142. The summed E-state index contributed by atoms with van der Waals surface area (Å²) in [7, 11) is 0. The van der Waals surface area contributed by atoms with Crippen molar-refractivity contribution in [2.45, 2.75) is 6.92 Å². The number of rotatable bonds is 4. The fourth-order valence-corrected chi connectivity index (χ4v) is 0.800. The second-order valence-electron chi connectivity index (χ2n) is 1.85. The minimum absolute atomic E-state index is 0.307. The van der Waals surface area contributed by atoms with Crippen molar-refractivity contribution in [2.24, 2.45) is 0 Å². The van der Waals surface area contributed by atoms with Crippen LogP contribution in [0.3, 0.4) is 0 Å². The van der Waals surface area contributed by atoms with E-state index in [9.17, 15) is 9.59 Å². The van der Waals surface area contributed by atoms with E-state index >= 15 is 0 Å². The molecule has 0 saturated heterocycles. The number of quaternary nitrogens is 1. The highest BCUT2D eigenvalue weighted by atomic mass is 32.2. The maximum Gasteiger partial charge on any atom is 0.370 e. The van der Waals surface area contributed by atoms with Gasteiger partial charge in [0.15, 0.2) is 0 Å². The highest BCUT2D eigenvalue weighted by molar-refractivity contribution is 8.13. The average molecular weight is 194 g/mol. The molecule has 0 aromatic carbocycles. The third-order valence-electron chi connectivity index (χ3n) is 0.803. The summed E-state index contributed by atoms with van der Waals surface area (Å²) < 4.78 is 8.89. The molecule has 0 aliphatic heterocycles. The van der Waals surface area contributed by atoms with Crippen molar-refractivity contribution in [2.75, 3.05) is 19.1 Å². The van der Waals surface area contributed by atoms with Crippen LogP contribution in [0.15, 0.2) is 0 Å². The number of hydrogen-bond donors (Lipinski definition) is 1. The molecule has 70 valence electrons. The summed E-state index contributed by atoms with van der Waals surface area (Å²) in [5.41, 5.74) is 3.55. The second kappa shape index (κ2) is 6.93. The molecular formula is C6H12NO4S+. The van der Waals surface area contributed by atoms with Gasteiger partial charge in [-0.25, -0.2) is 4.79 Å². The number of carbonyl (C=O) groups excluding carboxylic acids is 2. The highest BCUT2D eigenvalue weighted by Crippen LogP contribution is 2.02. The Morgan fingerprint density at radius 2 is 2.08 bits per heavy atom. The number of thioether (sulfide) groups is 1. The van der Waals surface area contributed by atoms with Crippen LogP contribution in [0.4, 0.5) is 4.79 Å². The molecule has 0 aromatic heterocycles. The van der Waals surface area contributed by atoms with Crippen molar-refractivity contribution < 1.29 is 24.8 Å². The summed E-state index contributed by atoms with van der Waals surface area (Å²) in [4.78, 5) is 20.9. The fraction of sp³-hybridized carbons (Fsp3) is 0.667. The van der Waals surface area contributed by atoms with Gasteiger partial charge in [0.2, 0.25) is 6.79 Å². The first-order chi connectivity index (χ1) is 5.66. The molecular weight excluding hydrogens is 182 g/mol. The quantitative estimate of drug-likeness (QED) is 0.487. The van der Waals surface area contributed by atoms with E-state index in [-0.39, 0.29) is 6.79 Å². The molecule has 12 heavy (non-hydrogen) atoms. The van der Waals surface area contributed by atoms with Crippen molar-refractivity contribution in [1.82, 2.24) is 0 Å². The summed E-state index contributed by atoms with van der Waals surface area (Å²) in [6.45, 7) is 1.60. The van der Waals surface area contributed by atoms with Crippen LogP contribution in [0.2, 0.25) is 0 Å². The molecule has 3 N–H and O–H groups in total. The van der Waals surface area contributed by atoms with Crippen molar-refractivity contribution in [3.63, 3.8) is 0 Å². The van der Waals surface area contributed by atoms with Gasteiger partial charge in [-0.05, 0) is 11.8 Å². The Balaban J connectivity index is 3.25. The molecule has 0 heterocycles. The van der Waals surface area contributed by atoms with Crippen molar-refractivity contribution >= 4 is 23.0 Å².